The van der Waals surface area contributed by atoms with Crippen molar-refractivity contribution in [3.05, 3.63) is 47.3 Å². The molecule has 2 aliphatic heterocycles. The molecule has 138 valence electrons. The number of aryl methyl sites for hydroxylation is 1. The molecule has 1 amide bonds. The Balaban J connectivity index is 1.43. The number of amides is 1. The topological polar surface area (TPSA) is 59.4 Å². The Kier molecular flexibility index (Phi) is 4.68. The summed E-state index contributed by atoms with van der Waals surface area (Å²) in [7, 11) is 3.64. The van der Waals surface area contributed by atoms with E-state index in [9.17, 15) is 4.79 Å². The highest BCUT2D eigenvalue weighted by molar-refractivity contribution is 5.80. The first-order valence-electron chi connectivity index (χ1n) is 9.31. The number of carbonyl (C=O) groups is 1. The summed E-state index contributed by atoms with van der Waals surface area (Å²) in [4.78, 5) is 14.8. The Morgan fingerprint density at radius 2 is 2.27 bits per heavy atom. The van der Waals surface area contributed by atoms with E-state index in [2.05, 4.69) is 33.5 Å². The Labute approximate surface area is 154 Å². The van der Waals surface area contributed by atoms with E-state index in [-0.39, 0.29) is 17.7 Å². The van der Waals surface area contributed by atoms with Gasteiger partial charge in [0.15, 0.2) is 0 Å². The first kappa shape index (κ1) is 17.1. The van der Waals surface area contributed by atoms with Crippen molar-refractivity contribution < 1.29 is 9.53 Å². The monoisotopic (exact) mass is 354 g/mol. The quantitative estimate of drug-likeness (QED) is 0.881. The lowest BCUT2D eigenvalue weighted by molar-refractivity contribution is -0.124. The minimum absolute atomic E-state index is 0.0161. The molecule has 0 radical (unpaired) electrons. The standard InChI is InChI=1S/C20H26N4O2/c1-21-20(25)18-13-24(12-17(18)16-10-22-23(2)11-16)7-5-14-3-4-19-15(9-14)6-8-26-19/h3-4,9-11,17-18H,5-8,12-13H2,1-2H3,(H,21,25)/t17-,18+/m1/s1. The molecule has 0 unspecified atom stereocenters. The molecule has 6 nitrogen and oxygen atoms in total. The van der Waals surface area contributed by atoms with Crippen molar-refractivity contribution in [2.75, 3.05) is 33.3 Å². The minimum atomic E-state index is -0.0161. The van der Waals surface area contributed by atoms with Crippen LogP contribution in [0, 0.1) is 5.92 Å². The van der Waals surface area contributed by atoms with Crippen LogP contribution in [0.25, 0.3) is 0 Å². The van der Waals surface area contributed by atoms with Crippen LogP contribution >= 0.6 is 0 Å². The molecule has 2 aromatic rings. The second-order valence-corrected chi connectivity index (χ2v) is 7.32. The Morgan fingerprint density at radius 3 is 3.04 bits per heavy atom. The normalized spacial score (nSPS) is 22.2. The highest BCUT2D eigenvalue weighted by Gasteiger charge is 2.38. The molecule has 3 heterocycles. The third-order valence-electron chi connectivity index (χ3n) is 5.60. The van der Waals surface area contributed by atoms with Gasteiger partial charge in [-0.05, 0) is 29.2 Å². The van der Waals surface area contributed by atoms with Crippen LogP contribution in [0.3, 0.4) is 0 Å². The van der Waals surface area contributed by atoms with Gasteiger partial charge in [0.1, 0.15) is 5.75 Å². The molecule has 0 saturated carbocycles. The van der Waals surface area contributed by atoms with E-state index < -0.39 is 0 Å². The maximum absolute atomic E-state index is 12.4. The van der Waals surface area contributed by atoms with Crippen molar-refractivity contribution >= 4 is 5.91 Å². The molecule has 1 aromatic heterocycles. The van der Waals surface area contributed by atoms with Crippen molar-refractivity contribution in [3.63, 3.8) is 0 Å². The first-order valence-corrected chi connectivity index (χ1v) is 9.31. The maximum atomic E-state index is 12.4. The zero-order valence-electron chi connectivity index (χ0n) is 15.4. The average molecular weight is 354 g/mol. The van der Waals surface area contributed by atoms with Gasteiger partial charge in [-0.3, -0.25) is 9.48 Å². The van der Waals surface area contributed by atoms with Crippen LogP contribution in [0.1, 0.15) is 22.6 Å². The van der Waals surface area contributed by atoms with E-state index in [0.717, 1.165) is 50.4 Å². The van der Waals surface area contributed by atoms with Gasteiger partial charge < -0.3 is 15.0 Å². The summed E-state index contributed by atoms with van der Waals surface area (Å²) in [6.07, 6.45) is 5.93. The molecule has 26 heavy (non-hydrogen) atoms. The van der Waals surface area contributed by atoms with Gasteiger partial charge in [-0.2, -0.15) is 5.10 Å². The van der Waals surface area contributed by atoms with Crippen LogP contribution < -0.4 is 10.1 Å². The number of nitrogens with one attached hydrogen (secondary N) is 1. The Bertz CT molecular complexity index is 801. The Hall–Kier alpha value is -2.34. The third-order valence-corrected chi connectivity index (χ3v) is 5.60. The van der Waals surface area contributed by atoms with E-state index in [1.807, 2.05) is 24.1 Å². The van der Waals surface area contributed by atoms with Crippen molar-refractivity contribution in [2.45, 2.75) is 18.8 Å². The fraction of sp³-hybridized carbons (Fsp3) is 0.500. The SMILES string of the molecule is CNC(=O)[C@H]1CN(CCc2ccc3c(c2)CCO3)C[C@@H]1c1cnn(C)c1. The lowest BCUT2D eigenvalue weighted by Crippen LogP contribution is -2.32. The van der Waals surface area contributed by atoms with Gasteiger partial charge in [-0.25, -0.2) is 0 Å². The number of hydrogen-bond donors (Lipinski definition) is 1. The largest absolute Gasteiger partial charge is 0.493 e. The fourth-order valence-corrected chi connectivity index (χ4v) is 4.17. The Morgan fingerprint density at radius 1 is 1.38 bits per heavy atom. The highest BCUT2D eigenvalue weighted by atomic mass is 16.5. The lowest BCUT2D eigenvalue weighted by atomic mass is 9.90. The van der Waals surface area contributed by atoms with Crippen LogP contribution in [0.4, 0.5) is 0 Å². The average Bonchev–Trinajstić information content (AvgIpc) is 3.37. The number of rotatable bonds is 5. The molecular formula is C20H26N4O2. The van der Waals surface area contributed by atoms with E-state index in [1.54, 1.807) is 7.05 Å². The third kappa shape index (κ3) is 3.33. The molecular weight excluding hydrogens is 328 g/mol. The van der Waals surface area contributed by atoms with E-state index >= 15 is 0 Å². The van der Waals surface area contributed by atoms with E-state index in [4.69, 9.17) is 4.74 Å². The second kappa shape index (κ2) is 7.11. The molecule has 4 rings (SSSR count). The molecule has 6 heteroatoms. The number of aromatic nitrogens is 2. The summed E-state index contributed by atoms with van der Waals surface area (Å²) in [6, 6.07) is 6.52. The van der Waals surface area contributed by atoms with Gasteiger partial charge in [0.2, 0.25) is 5.91 Å². The zero-order chi connectivity index (χ0) is 18.1. The molecule has 2 aliphatic rings. The molecule has 1 N–H and O–H groups in total. The summed E-state index contributed by atoms with van der Waals surface area (Å²) in [6.45, 7) is 3.46. The van der Waals surface area contributed by atoms with Crippen molar-refractivity contribution in [3.8, 4) is 5.75 Å². The number of hydrogen-bond acceptors (Lipinski definition) is 4. The minimum Gasteiger partial charge on any atom is -0.493 e. The summed E-state index contributed by atoms with van der Waals surface area (Å²) >= 11 is 0. The second-order valence-electron chi connectivity index (χ2n) is 7.32. The number of fused-ring (bicyclic) bond motifs is 1. The van der Waals surface area contributed by atoms with E-state index in [0.29, 0.717) is 0 Å². The summed E-state index contributed by atoms with van der Waals surface area (Å²) in [5, 5.41) is 7.12. The highest BCUT2D eigenvalue weighted by Crippen LogP contribution is 2.33. The van der Waals surface area contributed by atoms with Gasteiger partial charge in [0, 0.05) is 52.3 Å². The van der Waals surface area contributed by atoms with Gasteiger partial charge in [-0.15, -0.1) is 0 Å². The molecule has 1 fully saturated rings. The predicted molar refractivity (Wildman–Crippen MR) is 99.3 cm³/mol. The lowest BCUT2D eigenvalue weighted by Gasteiger charge is -2.15. The predicted octanol–water partition coefficient (Wildman–Crippen LogP) is 1.36. The van der Waals surface area contributed by atoms with Crippen LogP contribution in [0.15, 0.2) is 30.6 Å². The molecule has 0 bridgehead atoms. The number of ether oxygens (including phenoxy) is 1. The first-order chi connectivity index (χ1) is 12.6. The van der Waals surface area contributed by atoms with Crippen molar-refractivity contribution in [2.24, 2.45) is 13.0 Å². The maximum Gasteiger partial charge on any atom is 0.224 e. The van der Waals surface area contributed by atoms with Gasteiger partial charge in [0.25, 0.3) is 0 Å². The molecule has 1 saturated heterocycles. The van der Waals surface area contributed by atoms with Crippen LogP contribution in [0.2, 0.25) is 0 Å². The summed E-state index contributed by atoms with van der Waals surface area (Å²) in [5.41, 5.74) is 3.81. The fourth-order valence-electron chi connectivity index (χ4n) is 4.17. The molecule has 2 atom stereocenters. The summed E-state index contributed by atoms with van der Waals surface area (Å²) < 4.78 is 7.40. The van der Waals surface area contributed by atoms with E-state index in [1.165, 1.54) is 11.1 Å². The number of nitrogens with zero attached hydrogens (tertiary/aromatic N) is 3. The van der Waals surface area contributed by atoms with Crippen molar-refractivity contribution in [1.29, 1.82) is 0 Å². The molecule has 0 aliphatic carbocycles. The number of likely N-dealkylation sites (tertiary alicyclic amines) is 1. The smallest absolute Gasteiger partial charge is 0.224 e. The van der Waals surface area contributed by atoms with Crippen LogP contribution in [0.5, 0.6) is 5.75 Å². The molecule has 0 spiro atoms. The molecule has 1 aromatic carbocycles. The zero-order valence-corrected chi connectivity index (χ0v) is 15.4. The van der Waals surface area contributed by atoms with Gasteiger partial charge >= 0.3 is 0 Å². The van der Waals surface area contributed by atoms with Crippen molar-refractivity contribution in [1.82, 2.24) is 20.0 Å². The number of benzene rings is 1. The number of carbonyl (C=O) groups excluding carboxylic acids is 1. The summed E-state index contributed by atoms with van der Waals surface area (Å²) in [5.74, 6) is 1.34. The van der Waals surface area contributed by atoms with Gasteiger partial charge in [0.05, 0.1) is 18.7 Å². The van der Waals surface area contributed by atoms with Crippen LogP contribution in [-0.4, -0.2) is 53.9 Å². The van der Waals surface area contributed by atoms with Gasteiger partial charge in [-0.1, -0.05) is 12.1 Å². The van der Waals surface area contributed by atoms with Crippen LogP contribution in [-0.2, 0) is 24.7 Å².